The zero-order valence-electron chi connectivity index (χ0n) is 9.63. The predicted octanol–water partition coefficient (Wildman–Crippen LogP) is 1.01. The number of aliphatic hydroxyl groups is 1. The van der Waals surface area contributed by atoms with Crippen molar-refractivity contribution in [3.05, 3.63) is 11.8 Å². The molecule has 0 aliphatic rings. The number of hydrogen-bond acceptors (Lipinski definition) is 5. The van der Waals surface area contributed by atoms with E-state index in [-0.39, 0.29) is 0 Å². The van der Waals surface area contributed by atoms with Crippen LogP contribution in [0.4, 0.5) is 11.8 Å². The summed E-state index contributed by atoms with van der Waals surface area (Å²) in [5.74, 6) is 1.32. The molecule has 0 aliphatic heterocycles. The van der Waals surface area contributed by atoms with Crippen LogP contribution in [0.5, 0.6) is 0 Å². The number of nitrogens with zero attached hydrogens (tertiary/aromatic N) is 2. The van der Waals surface area contributed by atoms with Crippen LogP contribution in [0.15, 0.2) is 6.20 Å². The number of rotatable bonds is 4. The Hall–Kier alpha value is -1.36. The second-order valence-corrected chi connectivity index (χ2v) is 4.14. The Bertz CT molecular complexity index is 333. The van der Waals surface area contributed by atoms with Crippen molar-refractivity contribution < 1.29 is 5.11 Å². The van der Waals surface area contributed by atoms with E-state index < -0.39 is 5.60 Å². The first-order valence-electron chi connectivity index (χ1n) is 4.90. The molecule has 84 valence electrons. The average Bonchev–Trinajstić information content (AvgIpc) is 2.15. The highest BCUT2D eigenvalue weighted by Crippen LogP contribution is 2.13. The van der Waals surface area contributed by atoms with Gasteiger partial charge in [0.15, 0.2) is 0 Å². The van der Waals surface area contributed by atoms with E-state index in [2.05, 4.69) is 20.6 Å². The molecule has 5 nitrogen and oxygen atoms in total. The zero-order valence-corrected chi connectivity index (χ0v) is 9.63. The molecule has 0 fully saturated rings. The molecule has 0 radical (unpaired) electrons. The van der Waals surface area contributed by atoms with Crippen LogP contribution in [0, 0.1) is 6.92 Å². The molecule has 15 heavy (non-hydrogen) atoms. The summed E-state index contributed by atoms with van der Waals surface area (Å²) < 4.78 is 0. The minimum Gasteiger partial charge on any atom is -0.389 e. The molecule has 1 rings (SSSR count). The van der Waals surface area contributed by atoms with Crippen LogP contribution in [0.1, 0.15) is 19.4 Å². The van der Waals surface area contributed by atoms with E-state index >= 15 is 0 Å². The number of nitrogens with one attached hydrogen (secondary N) is 2. The van der Waals surface area contributed by atoms with Gasteiger partial charge in [-0.05, 0) is 20.8 Å². The Morgan fingerprint density at radius 2 is 2.13 bits per heavy atom. The van der Waals surface area contributed by atoms with Crippen molar-refractivity contribution in [3.8, 4) is 0 Å². The molecular formula is C10H18N4O. The van der Waals surface area contributed by atoms with Crippen molar-refractivity contribution in [2.45, 2.75) is 26.4 Å². The third-order valence-corrected chi connectivity index (χ3v) is 1.88. The van der Waals surface area contributed by atoms with Gasteiger partial charge in [0.1, 0.15) is 5.82 Å². The molecule has 0 spiro atoms. The molecular weight excluding hydrogens is 192 g/mol. The van der Waals surface area contributed by atoms with Gasteiger partial charge in [0.2, 0.25) is 5.95 Å². The van der Waals surface area contributed by atoms with Gasteiger partial charge in [0.25, 0.3) is 0 Å². The second-order valence-electron chi connectivity index (χ2n) is 4.14. The highest BCUT2D eigenvalue weighted by Gasteiger charge is 2.13. The van der Waals surface area contributed by atoms with Crippen molar-refractivity contribution in [2.75, 3.05) is 24.2 Å². The van der Waals surface area contributed by atoms with Crippen molar-refractivity contribution in [2.24, 2.45) is 0 Å². The molecule has 0 bridgehead atoms. The lowest BCUT2D eigenvalue weighted by Crippen LogP contribution is -2.29. The first kappa shape index (κ1) is 11.7. The number of aryl methyl sites for hydroxylation is 1. The van der Waals surface area contributed by atoms with Gasteiger partial charge in [-0.25, -0.2) is 4.98 Å². The summed E-state index contributed by atoms with van der Waals surface area (Å²) in [4.78, 5) is 8.33. The summed E-state index contributed by atoms with van der Waals surface area (Å²) >= 11 is 0. The van der Waals surface area contributed by atoms with E-state index in [0.717, 1.165) is 11.4 Å². The minimum absolute atomic E-state index is 0.452. The van der Waals surface area contributed by atoms with Crippen LogP contribution >= 0.6 is 0 Å². The van der Waals surface area contributed by atoms with E-state index in [1.807, 2.05) is 6.92 Å². The van der Waals surface area contributed by atoms with Crippen LogP contribution in [0.3, 0.4) is 0 Å². The van der Waals surface area contributed by atoms with Gasteiger partial charge >= 0.3 is 0 Å². The van der Waals surface area contributed by atoms with Gasteiger partial charge in [-0.2, -0.15) is 4.98 Å². The van der Waals surface area contributed by atoms with Crippen molar-refractivity contribution in [3.63, 3.8) is 0 Å². The normalized spacial score (nSPS) is 11.3. The summed E-state index contributed by atoms with van der Waals surface area (Å²) in [5.41, 5.74) is 0.204. The molecule has 1 aromatic rings. The zero-order chi connectivity index (χ0) is 11.5. The van der Waals surface area contributed by atoms with Crippen LogP contribution in [-0.2, 0) is 0 Å². The van der Waals surface area contributed by atoms with Gasteiger partial charge < -0.3 is 15.7 Å². The molecule has 0 unspecified atom stereocenters. The highest BCUT2D eigenvalue weighted by atomic mass is 16.3. The Morgan fingerprint density at radius 3 is 2.67 bits per heavy atom. The third kappa shape index (κ3) is 3.71. The maximum Gasteiger partial charge on any atom is 0.224 e. The first-order valence-corrected chi connectivity index (χ1v) is 4.90. The molecule has 0 atom stereocenters. The van der Waals surface area contributed by atoms with E-state index in [1.165, 1.54) is 0 Å². The number of anilines is 2. The van der Waals surface area contributed by atoms with Crippen molar-refractivity contribution >= 4 is 11.8 Å². The Morgan fingerprint density at radius 1 is 1.47 bits per heavy atom. The standard InChI is InChI=1S/C10H18N4O/c1-7-5-12-9(11-4)14-8(7)13-6-10(2,3)15/h5,15H,6H2,1-4H3,(H2,11,12,13,14). The van der Waals surface area contributed by atoms with Crippen LogP contribution in [0.2, 0.25) is 0 Å². The van der Waals surface area contributed by atoms with Crippen molar-refractivity contribution in [1.29, 1.82) is 0 Å². The Balaban J connectivity index is 2.75. The fraction of sp³-hybridized carbons (Fsp3) is 0.600. The lowest BCUT2D eigenvalue weighted by atomic mass is 10.1. The van der Waals surface area contributed by atoms with Gasteiger partial charge in [-0.3, -0.25) is 0 Å². The predicted molar refractivity (Wildman–Crippen MR) is 61.1 cm³/mol. The molecule has 0 aliphatic carbocycles. The van der Waals surface area contributed by atoms with Gasteiger partial charge in [-0.15, -0.1) is 0 Å². The smallest absolute Gasteiger partial charge is 0.224 e. The minimum atomic E-state index is -0.753. The molecule has 0 saturated carbocycles. The molecule has 3 N–H and O–H groups in total. The van der Waals surface area contributed by atoms with Crippen LogP contribution in [0.25, 0.3) is 0 Å². The van der Waals surface area contributed by atoms with E-state index in [9.17, 15) is 5.11 Å². The molecule has 0 amide bonds. The highest BCUT2D eigenvalue weighted by molar-refractivity contribution is 5.46. The quantitative estimate of drug-likeness (QED) is 0.692. The molecule has 5 heteroatoms. The van der Waals surface area contributed by atoms with Crippen LogP contribution < -0.4 is 10.6 Å². The second kappa shape index (κ2) is 4.44. The van der Waals surface area contributed by atoms with Crippen molar-refractivity contribution in [1.82, 2.24) is 9.97 Å². The van der Waals surface area contributed by atoms with E-state index in [0.29, 0.717) is 12.5 Å². The Labute approximate surface area is 90.0 Å². The van der Waals surface area contributed by atoms with Gasteiger partial charge in [0.05, 0.1) is 5.60 Å². The molecule has 0 aromatic carbocycles. The monoisotopic (exact) mass is 210 g/mol. The fourth-order valence-corrected chi connectivity index (χ4v) is 1.04. The number of aromatic nitrogens is 2. The fourth-order valence-electron chi connectivity index (χ4n) is 1.04. The summed E-state index contributed by atoms with van der Waals surface area (Å²) in [7, 11) is 1.77. The average molecular weight is 210 g/mol. The third-order valence-electron chi connectivity index (χ3n) is 1.88. The summed E-state index contributed by atoms with van der Waals surface area (Å²) in [6, 6.07) is 0. The molecule has 1 aromatic heterocycles. The lowest BCUT2D eigenvalue weighted by molar-refractivity contribution is 0.0944. The summed E-state index contributed by atoms with van der Waals surface area (Å²) in [6.45, 7) is 5.87. The topological polar surface area (TPSA) is 70.1 Å². The first-order chi connectivity index (χ1) is 6.92. The van der Waals surface area contributed by atoms with Gasteiger partial charge in [0, 0.05) is 25.4 Å². The molecule has 1 heterocycles. The van der Waals surface area contributed by atoms with E-state index in [4.69, 9.17) is 0 Å². The van der Waals surface area contributed by atoms with Gasteiger partial charge in [-0.1, -0.05) is 0 Å². The summed E-state index contributed by atoms with van der Waals surface area (Å²) in [6.07, 6.45) is 1.74. The van der Waals surface area contributed by atoms with Crippen LogP contribution in [-0.4, -0.2) is 34.3 Å². The maximum atomic E-state index is 9.57. The summed E-state index contributed by atoms with van der Waals surface area (Å²) in [5, 5.41) is 15.5. The molecule has 0 saturated heterocycles. The SMILES string of the molecule is CNc1ncc(C)c(NCC(C)(C)O)n1. The number of hydrogen-bond donors (Lipinski definition) is 3. The van der Waals surface area contributed by atoms with E-state index in [1.54, 1.807) is 27.1 Å². The lowest BCUT2D eigenvalue weighted by Gasteiger charge is -2.19. The Kier molecular flexibility index (Phi) is 3.47. The maximum absolute atomic E-state index is 9.57. The largest absolute Gasteiger partial charge is 0.389 e.